The van der Waals surface area contributed by atoms with Crippen molar-refractivity contribution in [3.05, 3.63) is 0 Å². The van der Waals surface area contributed by atoms with Crippen LogP contribution >= 0.6 is 0 Å². The molecule has 2 fully saturated rings. The van der Waals surface area contributed by atoms with Gasteiger partial charge >= 0.3 is 6.09 Å². The van der Waals surface area contributed by atoms with E-state index in [1.54, 1.807) is 0 Å². The van der Waals surface area contributed by atoms with Gasteiger partial charge in [0, 0.05) is 18.6 Å². The summed E-state index contributed by atoms with van der Waals surface area (Å²) in [5.74, 6) is 0. The van der Waals surface area contributed by atoms with Gasteiger partial charge in [0.25, 0.3) is 0 Å². The van der Waals surface area contributed by atoms with Gasteiger partial charge in [0.2, 0.25) is 0 Å². The SMILES string of the molecule is CC(C)(C)OC(=O)N[C@H]1CCCN(C2CCNCC2)C1. The maximum absolute atomic E-state index is 11.8. The summed E-state index contributed by atoms with van der Waals surface area (Å²) in [7, 11) is 0. The third-order valence-electron chi connectivity index (χ3n) is 4.00. The monoisotopic (exact) mass is 283 g/mol. The minimum absolute atomic E-state index is 0.230. The number of piperidine rings is 2. The molecule has 0 spiro atoms. The summed E-state index contributed by atoms with van der Waals surface area (Å²) in [6, 6.07) is 0.910. The number of ether oxygens (including phenoxy) is 1. The zero-order valence-electron chi connectivity index (χ0n) is 13.1. The Balaban J connectivity index is 1.79. The molecule has 2 saturated heterocycles. The molecule has 0 aromatic carbocycles. The average molecular weight is 283 g/mol. The Morgan fingerprint density at radius 2 is 1.95 bits per heavy atom. The van der Waals surface area contributed by atoms with Gasteiger partial charge in [-0.05, 0) is 66.1 Å². The number of nitrogens with zero attached hydrogens (tertiary/aromatic N) is 1. The highest BCUT2D eigenvalue weighted by Gasteiger charge is 2.28. The Morgan fingerprint density at radius 3 is 2.60 bits per heavy atom. The van der Waals surface area contributed by atoms with Crippen molar-refractivity contribution in [3.63, 3.8) is 0 Å². The Labute approximate surface area is 122 Å². The fourth-order valence-electron chi connectivity index (χ4n) is 3.10. The van der Waals surface area contributed by atoms with Crippen molar-refractivity contribution in [2.24, 2.45) is 0 Å². The van der Waals surface area contributed by atoms with Gasteiger partial charge in [0.15, 0.2) is 0 Å². The molecule has 1 amide bonds. The summed E-state index contributed by atoms with van der Waals surface area (Å²) in [6.07, 6.45) is 4.37. The predicted molar refractivity (Wildman–Crippen MR) is 79.9 cm³/mol. The summed E-state index contributed by atoms with van der Waals surface area (Å²) >= 11 is 0. The van der Waals surface area contributed by atoms with Crippen LogP contribution < -0.4 is 10.6 Å². The lowest BCUT2D eigenvalue weighted by Crippen LogP contribution is -2.53. The number of likely N-dealkylation sites (tertiary alicyclic amines) is 1. The van der Waals surface area contributed by atoms with Crippen molar-refractivity contribution < 1.29 is 9.53 Å². The van der Waals surface area contributed by atoms with E-state index in [0.717, 1.165) is 39.0 Å². The topological polar surface area (TPSA) is 53.6 Å². The van der Waals surface area contributed by atoms with Crippen LogP contribution in [-0.2, 0) is 4.74 Å². The third-order valence-corrected chi connectivity index (χ3v) is 4.00. The van der Waals surface area contributed by atoms with Crippen molar-refractivity contribution in [1.29, 1.82) is 0 Å². The van der Waals surface area contributed by atoms with Gasteiger partial charge in [-0.3, -0.25) is 4.90 Å². The summed E-state index contributed by atoms with van der Waals surface area (Å²) < 4.78 is 5.34. The molecule has 0 aromatic rings. The van der Waals surface area contributed by atoms with Crippen LogP contribution in [0.1, 0.15) is 46.5 Å². The largest absolute Gasteiger partial charge is 0.444 e. The number of nitrogens with one attached hydrogen (secondary N) is 2. The van der Waals surface area contributed by atoms with E-state index in [4.69, 9.17) is 4.74 Å². The van der Waals surface area contributed by atoms with Gasteiger partial charge in [-0.15, -0.1) is 0 Å². The molecule has 0 unspecified atom stereocenters. The van der Waals surface area contributed by atoms with Crippen LogP contribution in [0.4, 0.5) is 4.79 Å². The van der Waals surface area contributed by atoms with Gasteiger partial charge in [0.05, 0.1) is 0 Å². The zero-order valence-corrected chi connectivity index (χ0v) is 13.1. The lowest BCUT2D eigenvalue weighted by Gasteiger charge is -2.40. The van der Waals surface area contributed by atoms with E-state index in [9.17, 15) is 4.79 Å². The fourth-order valence-corrected chi connectivity index (χ4v) is 3.10. The maximum Gasteiger partial charge on any atom is 0.407 e. The van der Waals surface area contributed by atoms with Gasteiger partial charge < -0.3 is 15.4 Å². The molecule has 0 aromatic heterocycles. The average Bonchev–Trinajstić information content (AvgIpc) is 2.38. The van der Waals surface area contributed by atoms with Gasteiger partial charge in [0.1, 0.15) is 5.60 Å². The lowest BCUT2D eigenvalue weighted by molar-refractivity contribution is 0.0444. The number of rotatable bonds is 2. The van der Waals surface area contributed by atoms with Gasteiger partial charge in [-0.2, -0.15) is 0 Å². The van der Waals surface area contributed by atoms with Crippen LogP contribution in [0.5, 0.6) is 0 Å². The van der Waals surface area contributed by atoms with E-state index in [-0.39, 0.29) is 12.1 Å². The minimum Gasteiger partial charge on any atom is -0.444 e. The molecule has 116 valence electrons. The Bertz CT molecular complexity index is 322. The van der Waals surface area contributed by atoms with E-state index in [0.29, 0.717) is 6.04 Å². The van der Waals surface area contributed by atoms with Crippen LogP contribution in [0, 0.1) is 0 Å². The second-order valence-corrected chi connectivity index (χ2v) is 6.96. The van der Waals surface area contributed by atoms with Crippen LogP contribution in [0.25, 0.3) is 0 Å². The molecule has 0 radical (unpaired) electrons. The third kappa shape index (κ3) is 4.94. The normalized spacial score (nSPS) is 26.2. The molecule has 2 aliphatic rings. The van der Waals surface area contributed by atoms with Crippen molar-refractivity contribution in [3.8, 4) is 0 Å². The van der Waals surface area contributed by atoms with E-state index in [1.165, 1.54) is 12.8 Å². The van der Waals surface area contributed by atoms with Crippen molar-refractivity contribution in [2.75, 3.05) is 26.2 Å². The molecule has 20 heavy (non-hydrogen) atoms. The molecular formula is C15H29N3O2. The van der Waals surface area contributed by atoms with E-state index < -0.39 is 5.60 Å². The molecule has 0 aliphatic carbocycles. The zero-order chi connectivity index (χ0) is 14.6. The van der Waals surface area contributed by atoms with Gasteiger partial charge in [-0.25, -0.2) is 4.79 Å². The summed E-state index contributed by atoms with van der Waals surface area (Å²) in [4.78, 5) is 14.4. The summed E-state index contributed by atoms with van der Waals surface area (Å²) in [5, 5.41) is 6.43. The molecule has 0 bridgehead atoms. The second-order valence-electron chi connectivity index (χ2n) is 6.96. The highest BCUT2D eigenvalue weighted by atomic mass is 16.6. The van der Waals surface area contributed by atoms with Gasteiger partial charge in [-0.1, -0.05) is 0 Å². The first-order valence-electron chi connectivity index (χ1n) is 7.88. The lowest BCUT2D eigenvalue weighted by atomic mass is 9.99. The van der Waals surface area contributed by atoms with E-state index >= 15 is 0 Å². The molecule has 2 rings (SSSR count). The van der Waals surface area contributed by atoms with Crippen molar-refractivity contribution in [1.82, 2.24) is 15.5 Å². The predicted octanol–water partition coefficient (Wildman–Crippen LogP) is 1.73. The number of amides is 1. The van der Waals surface area contributed by atoms with E-state index in [2.05, 4.69) is 15.5 Å². The number of carbonyl (C=O) groups is 1. The van der Waals surface area contributed by atoms with Crippen molar-refractivity contribution in [2.45, 2.75) is 64.1 Å². The quantitative estimate of drug-likeness (QED) is 0.810. The molecule has 2 heterocycles. The molecule has 5 nitrogen and oxygen atoms in total. The first-order chi connectivity index (χ1) is 9.44. The Hall–Kier alpha value is -0.810. The molecule has 2 N–H and O–H groups in total. The van der Waals surface area contributed by atoms with E-state index in [1.807, 2.05) is 20.8 Å². The number of carbonyl (C=O) groups excluding carboxylic acids is 1. The number of hydrogen-bond acceptors (Lipinski definition) is 4. The van der Waals surface area contributed by atoms with Crippen LogP contribution in [-0.4, -0.2) is 54.9 Å². The van der Waals surface area contributed by atoms with Crippen LogP contribution in [0.2, 0.25) is 0 Å². The summed E-state index contributed by atoms with van der Waals surface area (Å²) in [5.41, 5.74) is -0.423. The molecule has 5 heteroatoms. The highest BCUT2D eigenvalue weighted by Crippen LogP contribution is 2.19. The Morgan fingerprint density at radius 1 is 1.25 bits per heavy atom. The standard InChI is InChI=1S/C15H29N3O2/c1-15(2,3)20-14(19)17-12-5-4-10-18(11-12)13-6-8-16-9-7-13/h12-13,16H,4-11H2,1-3H3,(H,17,19)/t12-/m0/s1. The number of hydrogen-bond donors (Lipinski definition) is 2. The second kappa shape index (κ2) is 6.76. The number of alkyl carbamates (subject to hydrolysis) is 1. The maximum atomic E-state index is 11.8. The Kier molecular flexibility index (Phi) is 5.27. The molecule has 2 aliphatic heterocycles. The molecular weight excluding hydrogens is 254 g/mol. The van der Waals surface area contributed by atoms with Crippen LogP contribution in [0.15, 0.2) is 0 Å². The molecule has 1 atom stereocenters. The highest BCUT2D eigenvalue weighted by molar-refractivity contribution is 5.68. The minimum atomic E-state index is -0.423. The smallest absolute Gasteiger partial charge is 0.407 e. The van der Waals surface area contributed by atoms with Crippen LogP contribution in [0.3, 0.4) is 0 Å². The first-order valence-corrected chi connectivity index (χ1v) is 7.88. The van der Waals surface area contributed by atoms with Crippen molar-refractivity contribution >= 4 is 6.09 Å². The first kappa shape index (κ1) is 15.6. The fraction of sp³-hybridized carbons (Fsp3) is 0.933. The summed E-state index contributed by atoms with van der Waals surface area (Å²) in [6.45, 7) is 10.1. The molecule has 0 saturated carbocycles.